The lowest BCUT2D eigenvalue weighted by Crippen LogP contribution is -2.25. The minimum absolute atomic E-state index is 0.0701. The van der Waals surface area contributed by atoms with Crippen molar-refractivity contribution in [2.24, 2.45) is 5.92 Å². The second kappa shape index (κ2) is 6.13. The number of benzene rings is 1. The number of nitrogens with zero attached hydrogens (tertiary/aromatic N) is 1. The third-order valence-corrected chi connectivity index (χ3v) is 3.03. The molecule has 0 fully saturated rings. The van der Waals surface area contributed by atoms with Crippen molar-refractivity contribution >= 4 is 5.78 Å². The average molecular weight is 235 g/mol. The van der Waals surface area contributed by atoms with Gasteiger partial charge in [0.15, 0.2) is 0 Å². The summed E-state index contributed by atoms with van der Waals surface area (Å²) >= 11 is 0. The zero-order chi connectivity index (χ0) is 12.8. The van der Waals surface area contributed by atoms with E-state index in [1.54, 1.807) is 13.8 Å². The molecule has 1 aromatic rings. The monoisotopic (exact) mass is 235 g/mol. The fourth-order valence-electron chi connectivity index (χ4n) is 1.96. The van der Waals surface area contributed by atoms with Gasteiger partial charge in [0.05, 0.1) is 5.92 Å². The maximum Gasteiger partial charge on any atom is 0.211 e. The predicted molar refractivity (Wildman–Crippen MR) is 65.5 cm³/mol. The average Bonchev–Trinajstić information content (AvgIpc) is 2.35. The highest BCUT2D eigenvalue weighted by molar-refractivity contribution is 5.81. The first-order chi connectivity index (χ1) is 8.06. The van der Waals surface area contributed by atoms with Crippen LogP contribution in [0.4, 0.5) is 0 Å². The smallest absolute Gasteiger partial charge is 0.211 e. The maximum absolute atomic E-state index is 11.7. The molecule has 0 N–H and O–H groups in total. The Labute approximate surface area is 101 Å². The summed E-state index contributed by atoms with van der Waals surface area (Å²) in [6.07, 6.45) is 0.419. The summed E-state index contributed by atoms with van der Waals surface area (Å²) in [5.41, 5.74) is 0.860. The van der Waals surface area contributed by atoms with E-state index in [4.69, 9.17) is 0 Å². The Balaban J connectivity index is 2.95. The van der Waals surface area contributed by atoms with Crippen molar-refractivity contribution in [3.63, 3.8) is 0 Å². The van der Waals surface area contributed by atoms with Crippen LogP contribution < -0.4 is 0 Å². The Morgan fingerprint density at radius 3 is 2.41 bits per heavy atom. The van der Waals surface area contributed by atoms with E-state index < -0.39 is 0 Å². The molecule has 0 bridgehead atoms. The fraction of sp³-hybridized carbons (Fsp3) is 0.462. The van der Waals surface area contributed by atoms with Crippen molar-refractivity contribution in [2.45, 2.75) is 26.2 Å². The number of rotatable bonds is 6. The van der Waals surface area contributed by atoms with Crippen LogP contribution in [0.15, 0.2) is 30.3 Å². The molecular formula is C13H17NO3. The highest BCUT2D eigenvalue weighted by Crippen LogP contribution is 2.26. The number of carbonyl (C=O) groups excluding carboxylic acids is 1. The van der Waals surface area contributed by atoms with Gasteiger partial charge in [-0.2, -0.15) is 0 Å². The van der Waals surface area contributed by atoms with Gasteiger partial charge in [0, 0.05) is 17.3 Å². The molecule has 0 aliphatic rings. The molecule has 0 amide bonds. The highest BCUT2D eigenvalue weighted by Gasteiger charge is 2.28. The third kappa shape index (κ3) is 3.66. The summed E-state index contributed by atoms with van der Waals surface area (Å²) in [6.45, 7) is 3.36. The van der Waals surface area contributed by atoms with E-state index in [1.165, 1.54) is 0 Å². The standard InChI is InChI=1S/C13H17NO3/c1-3-13(15)10(2)12(9-14(16)17)11-7-5-4-6-8-11/h4-8,10,12H,3,9H2,1-2H3/t10-,12-/m0/s1. The summed E-state index contributed by atoms with van der Waals surface area (Å²) in [5, 5.41) is 10.7. The SMILES string of the molecule is CCC(=O)[C@@H](C)[C@H](C[N+](=O)[O-])c1ccccc1. The summed E-state index contributed by atoms with van der Waals surface area (Å²) in [6, 6.07) is 9.22. The Morgan fingerprint density at radius 1 is 1.35 bits per heavy atom. The minimum Gasteiger partial charge on any atom is -0.299 e. The lowest BCUT2D eigenvalue weighted by atomic mass is 9.84. The van der Waals surface area contributed by atoms with E-state index in [9.17, 15) is 14.9 Å². The maximum atomic E-state index is 11.7. The molecule has 4 nitrogen and oxygen atoms in total. The van der Waals surface area contributed by atoms with Gasteiger partial charge in [-0.05, 0) is 5.56 Å². The first-order valence-corrected chi connectivity index (χ1v) is 5.75. The van der Waals surface area contributed by atoms with Crippen molar-refractivity contribution in [2.75, 3.05) is 6.54 Å². The Hall–Kier alpha value is -1.71. The van der Waals surface area contributed by atoms with Gasteiger partial charge < -0.3 is 0 Å². The fourth-order valence-corrected chi connectivity index (χ4v) is 1.96. The summed E-state index contributed by atoms with van der Waals surface area (Å²) in [5.74, 6) is -0.577. The molecule has 0 aromatic heterocycles. The number of Topliss-reactive ketones (excluding diaryl/α,β-unsaturated/α-hetero) is 1. The van der Waals surface area contributed by atoms with Crippen LogP contribution in [0, 0.1) is 16.0 Å². The predicted octanol–water partition coefficient (Wildman–Crippen LogP) is 2.66. The van der Waals surface area contributed by atoms with E-state index in [1.807, 2.05) is 30.3 Å². The first-order valence-electron chi connectivity index (χ1n) is 5.75. The van der Waals surface area contributed by atoms with Crippen LogP contribution in [0.3, 0.4) is 0 Å². The molecule has 0 unspecified atom stereocenters. The van der Waals surface area contributed by atoms with E-state index >= 15 is 0 Å². The number of hydrogen-bond acceptors (Lipinski definition) is 3. The molecule has 4 heteroatoms. The molecule has 0 aliphatic carbocycles. The first kappa shape index (κ1) is 13.4. The Morgan fingerprint density at radius 2 is 1.94 bits per heavy atom. The van der Waals surface area contributed by atoms with Gasteiger partial charge in [-0.1, -0.05) is 44.2 Å². The second-order valence-electron chi connectivity index (χ2n) is 4.14. The molecule has 1 aromatic carbocycles. The van der Waals surface area contributed by atoms with Crippen LogP contribution in [0.5, 0.6) is 0 Å². The molecule has 92 valence electrons. The van der Waals surface area contributed by atoms with Crippen molar-refractivity contribution < 1.29 is 9.72 Å². The van der Waals surface area contributed by atoms with Gasteiger partial charge in [0.25, 0.3) is 0 Å². The molecule has 0 saturated heterocycles. The van der Waals surface area contributed by atoms with Crippen LogP contribution in [0.25, 0.3) is 0 Å². The second-order valence-corrected chi connectivity index (χ2v) is 4.14. The van der Waals surface area contributed by atoms with E-state index in [0.29, 0.717) is 6.42 Å². The molecule has 0 saturated carbocycles. The number of hydrogen-bond donors (Lipinski definition) is 0. The van der Waals surface area contributed by atoms with Gasteiger partial charge in [-0.25, -0.2) is 0 Å². The van der Waals surface area contributed by atoms with Crippen LogP contribution in [-0.2, 0) is 4.79 Å². The molecule has 0 spiro atoms. The molecule has 17 heavy (non-hydrogen) atoms. The Bertz CT molecular complexity index is 389. The van der Waals surface area contributed by atoms with Crippen LogP contribution in [0.2, 0.25) is 0 Å². The van der Waals surface area contributed by atoms with Crippen LogP contribution >= 0.6 is 0 Å². The molecule has 2 atom stereocenters. The molecule has 0 heterocycles. The molecular weight excluding hydrogens is 218 g/mol. The van der Waals surface area contributed by atoms with Crippen molar-refractivity contribution in [3.8, 4) is 0 Å². The molecule has 1 rings (SSSR count). The summed E-state index contributed by atoms with van der Waals surface area (Å²) < 4.78 is 0. The van der Waals surface area contributed by atoms with Crippen LogP contribution in [-0.4, -0.2) is 17.3 Å². The number of carbonyl (C=O) groups is 1. The molecule has 0 aliphatic heterocycles. The minimum atomic E-state index is -0.350. The quantitative estimate of drug-likeness (QED) is 0.562. The summed E-state index contributed by atoms with van der Waals surface area (Å²) in [7, 11) is 0. The van der Waals surface area contributed by atoms with Gasteiger partial charge in [-0.3, -0.25) is 14.9 Å². The lowest BCUT2D eigenvalue weighted by molar-refractivity contribution is -0.484. The van der Waals surface area contributed by atoms with Gasteiger partial charge >= 0.3 is 0 Å². The zero-order valence-corrected chi connectivity index (χ0v) is 10.1. The number of nitro groups is 1. The van der Waals surface area contributed by atoms with E-state index in [2.05, 4.69) is 0 Å². The summed E-state index contributed by atoms with van der Waals surface area (Å²) in [4.78, 5) is 22.0. The van der Waals surface area contributed by atoms with Crippen molar-refractivity contribution in [1.29, 1.82) is 0 Å². The van der Waals surface area contributed by atoms with Crippen LogP contribution in [0.1, 0.15) is 31.7 Å². The van der Waals surface area contributed by atoms with E-state index in [-0.39, 0.29) is 29.1 Å². The third-order valence-electron chi connectivity index (χ3n) is 3.03. The normalized spacial score (nSPS) is 14.0. The van der Waals surface area contributed by atoms with Gasteiger partial charge in [-0.15, -0.1) is 0 Å². The zero-order valence-electron chi connectivity index (χ0n) is 10.1. The topological polar surface area (TPSA) is 60.2 Å². The van der Waals surface area contributed by atoms with E-state index in [0.717, 1.165) is 5.56 Å². The largest absolute Gasteiger partial charge is 0.299 e. The highest BCUT2D eigenvalue weighted by atomic mass is 16.6. The van der Waals surface area contributed by atoms with Crippen molar-refractivity contribution in [1.82, 2.24) is 0 Å². The Kier molecular flexibility index (Phi) is 4.82. The number of ketones is 1. The van der Waals surface area contributed by atoms with Gasteiger partial charge in [0.2, 0.25) is 6.54 Å². The van der Waals surface area contributed by atoms with Crippen molar-refractivity contribution in [3.05, 3.63) is 46.0 Å². The lowest BCUT2D eigenvalue weighted by Gasteiger charge is -2.19. The molecule has 0 radical (unpaired) electrons. The van der Waals surface area contributed by atoms with Gasteiger partial charge in [0.1, 0.15) is 5.78 Å².